The van der Waals surface area contributed by atoms with Gasteiger partial charge in [-0.1, -0.05) is 17.7 Å². The quantitative estimate of drug-likeness (QED) is 0.858. The van der Waals surface area contributed by atoms with Crippen molar-refractivity contribution >= 4 is 34.5 Å². The van der Waals surface area contributed by atoms with Crippen LogP contribution in [0.25, 0.3) is 11.3 Å². The van der Waals surface area contributed by atoms with Crippen molar-refractivity contribution < 1.29 is 4.79 Å². The highest BCUT2D eigenvalue weighted by Gasteiger charge is 2.15. The molecule has 1 aliphatic heterocycles. The van der Waals surface area contributed by atoms with Crippen LogP contribution >= 0.6 is 22.9 Å². The molecule has 1 amide bonds. The Hall–Kier alpha value is -1.39. The van der Waals surface area contributed by atoms with Crippen LogP contribution in [0, 0.1) is 0 Å². The number of hydrogen-bond donors (Lipinski definition) is 1. The lowest BCUT2D eigenvalue weighted by Gasteiger charge is -2.17. The molecular formula is C12H9ClN2OS. The molecule has 0 radical (unpaired) electrons. The smallest absolute Gasteiger partial charge is 0.224 e. The first kappa shape index (κ1) is 10.7. The van der Waals surface area contributed by atoms with Crippen molar-refractivity contribution in [2.24, 2.45) is 0 Å². The Morgan fingerprint density at radius 1 is 1.35 bits per heavy atom. The third kappa shape index (κ3) is 2.06. The Bertz CT molecular complexity index is 594. The highest BCUT2D eigenvalue weighted by molar-refractivity contribution is 7.14. The maximum Gasteiger partial charge on any atom is 0.224 e. The van der Waals surface area contributed by atoms with E-state index in [-0.39, 0.29) is 5.91 Å². The van der Waals surface area contributed by atoms with Gasteiger partial charge in [-0.25, -0.2) is 4.98 Å². The van der Waals surface area contributed by atoms with Crippen LogP contribution in [0.5, 0.6) is 0 Å². The second-order valence-electron chi connectivity index (χ2n) is 3.91. The van der Waals surface area contributed by atoms with Crippen molar-refractivity contribution in [1.82, 2.24) is 4.98 Å². The average molecular weight is 265 g/mol. The first-order chi connectivity index (χ1) is 8.22. The number of hydrogen-bond acceptors (Lipinski definition) is 3. The number of nitrogens with zero attached hydrogens (tertiary/aromatic N) is 1. The summed E-state index contributed by atoms with van der Waals surface area (Å²) in [5, 5.41) is 4.80. The molecule has 0 fully saturated rings. The van der Waals surface area contributed by atoms with E-state index in [1.807, 2.05) is 17.5 Å². The molecule has 1 aromatic carbocycles. The van der Waals surface area contributed by atoms with E-state index in [2.05, 4.69) is 16.4 Å². The van der Waals surface area contributed by atoms with Crippen molar-refractivity contribution in [2.75, 3.05) is 5.32 Å². The van der Waals surface area contributed by atoms with Crippen LogP contribution in [0.1, 0.15) is 12.0 Å². The molecule has 0 atom stereocenters. The molecule has 0 aliphatic carbocycles. The third-order valence-electron chi connectivity index (χ3n) is 2.77. The summed E-state index contributed by atoms with van der Waals surface area (Å²) in [6.07, 6.45) is 1.33. The first-order valence-electron chi connectivity index (χ1n) is 5.26. The van der Waals surface area contributed by atoms with E-state index in [1.54, 1.807) is 0 Å². The Kier molecular flexibility index (Phi) is 2.61. The molecule has 0 bridgehead atoms. The zero-order valence-electron chi connectivity index (χ0n) is 8.87. The lowest BCUT2D eigenvalue weighted by Crippen LogP contribution is -2.18. The number of fused-ring (bicyclic) bond motifs is 1. The van der Waals surface area contributed by atoms with Gasteiger partial charge in [0.1, 0.15) is 0 Å². The number of anilines is 1. The molecule has 17 heavy (non-hydrogen) atoms. The van der Waals surface area contributed by atoms with Gasteiger partial charge in [0.2, 0.25) is 5.91 Å². The van der Waals surface area contributed by atoms with Crippen LogP contribution in [-0.4, -0.2) is 10.9 Å². The minimum atomic E-state index is 0.0851. The van der Waals surface area contributed by atoms with Crippen LogP contribution in [-0.2, 0) is 11.2 Å². The molecular weight excluding hydrogens is 256 g/mol. The standard InChI is InChI=1S/C12H9ClN2OS/c13-12-15-10(6-17-12)8-1-3-9-7(5-8)2-4-11(16)14-9/h1,3,5-6H,2,4H2,(H,14,16). The highest BCUT2D eigenvalue weighted by atomic mass is 35.5. The number of nitrogens with one attached hydrogen (secondary N) is 1. The molecule has 2 aromatic rings. The number of benzene rings is 1. The van der Waals surface area contributed by atoms with Gasteiger partial charge in [-0.05, 0) is 24.1 Å². The van der Waals surface area contributed by atoms with Crippen LogP contribution in [0.15, 0.2) is 23.6 Å². The van der Waals surface area contributed by atoms with Gasteiger partial charge in [-0.3, -0.25) is 4.79 Å². The minimum absolute atomic E-state index is 0.0851. The van der Waals surface area contributed by atoms with Crippen LogP contribution in [0.2, 0.25) is 4.47 Å². The van der Waals surface area contributed by atoms with Crippen LogP contribution in [0.3, 0.4) is 0 Å². The number of rotatable bonds is 1. The average Bonchev–Trinajstić information content (AvgIpc) is 2.75. The Morgan fingerprint density at radius 2 is 2.24 bits per heavy atom. The molecule has 86 valence electrons. The third-order valence-corrected chi connectivity index (χ3v) is 3.75. The van der Waals surface area contributed by atoms with Gasteiger partial charge in [0.05, 0.1) is 5.69 Å². The molecule has 0 unspecified atom stereocenters. The van der Waals surface area contributed by atoms with E-state index in [4.69, 9.17) is 11.6 Å². The maximum atomic E-state index is 11.2. The summed E-state index contributed by atoms with van der Waals surface area (Å²) in [6, 6.07) is 5.95. The summed E-state index contributed by atoms with van der Waals surface area (Å²) in [7, 11) is 0. The van der Waals surface area contributed by atoms with E-state index in [0.29, 0.717) is 10.9 Å². The molecule has 0 saturated heterocycles. The predicted molar refractivity (Wildman–Crippen MR) is 69.5 cm³/mol. The SMILES string of the molecule is O=C1CCc2cc(-c3csc(Cl)n3)ccc2N1. The minimum Gasteiger partial charge on any atom is -0.326 e. The molecule has 1 aliphatic rings. The fourth-order valence-electron chi connectivity index (χ4n) is 1.93. The summed E-state index contributed by atoms with van der Waals surface area (Å²) < 4.78 is 0.547. The van der Waals surface area contributed by atoms with Crippen LogP contribution < -0.4 is 5.32 Å². The molecule has 5 heteroatoms. The van der Waals surface area contributed by atoms with Crippen LogP contribution in [0.4, 0.5) is 5.69 Å². The Labute approximate surface area is 107 Å². The Balaban J connectivity index is 2.01. The fourth-order valence-corrected chi connectivity index (χ4v) is 2.70. The summed E-state index contributed by atoms with van der Waals surface area (Å²) in [5.41, 5.74) is 4.00. The lowest BCUT2D eigenvalue weighted by atomic mass is 9.99. The fraction of sp³-hybridized carbons (Fsp3) is 0.167. The second kappa shape index (κ2) is 4.13. The topological polar surface area (TPSA) is 42.0 Å². The van der Waals surface area contributed by atoms with E-state index in [1.165, 1.54) is 11.3 Å². The predicted octanol–water partition coefficient (Wildman–Crippen LogP) is 3.35. The van der Waals surface area contributed by atoms with Gasteiger partial charge in [-0.15, -0.1) is 11.3 Å². The van der Waals surface area contributed by atoms with Crippen molar-refractivity contribution in [3.8, 4) is 11.3 Å². The Morgan fingerprint density at radius 3 is 3.00 bits per heavy atom. The lowest BCUT2D eigenvalue weighted by molar-refractivity contribution is -0.116. The van der Waals surface area contributed by atoms with E-state index in [9.17, 15) is 4.79 Å². The van der Waals surface area contributed by atoms with E-state index in [0.717, 1.165) is 28.9 Å². The van der Waals surface area contributed by atoms with Gasteiger partial charge >= 0.3 is 0 Å². The number of thiazole rings is 1. The molecule has 0 spiro atoms. The zero-order chi connectivity index (χ0) is 11.8. The second-order valence-corrected chi connectivity index (χ2v) is 5.35. The monoisotopic (exact) mass is 264 g/mol. The summed E-state index contributed by atoms with van der Waals surface area (Å²) in [6.45, 7) is 0. The van der Waals surface area contributed by atoms with Gasteiger partial charge in [0.25, 0.3) is 0 Å². The molecule has 3 nitrogen and oxygen atoms in total. The largest absolute Gasteiger partial charge is 0.326 e. The van der Waals surface area contributed by atoms with Crippen molar-refractivity contribution in [2.45, 2.75) is 12.8 Å². The molecule has 1 aromatic heterocycles. The van der Waals surface area contributed by atoms with Crippen molar-refractivity contribution in [3.05, 3.63) is 33.6 Å². The molecule has 2 heterocycles. The molecule has 1 N–H and O–H groups in total. The number of amides is 1. The molecule has 3 rings (SSSR count). The number of aryl methyl sites for hydroxylation is 1. The summed E-state index contributed by atoms with van der Waals surface area (Å²) >= 11 is 7.24. The number of carbonyl (C=O) groups excluding carboxylic acids is 1. The molecule has 0 saturated carbocycles. The number of halogens is 1. The van der Waals surface area contributed by atoms with Gasteiger partial charge in [0, 0.05) is 23.1 Å². The summed E-state index contributed by atoms with van der Waals surface area (Å²) in [4.78, 5) is 15.5. The van der Waals surface area contributed by atoms with Gasteiger partial charge < -0.3 is 5.32 Å². The van der Waals surface area contributed by atoms with Gasteiger partial charge in [-0.2, -0.15) is 0 Å². The maximum absolute atomic E-state index is 11.2. The highest BCUT2D eigenvalue weighted by Crippen LogP contribution is 2.30. The van der Waals surface area contributed by atoms with E-state index >= 15 is 0 Å². The number of aromatic nitrogens is 1. The van der Waals surface area contributed by atoms with Crippen molar-refractivity contribution in [3.63, 3.8) is 0 Å². The first-order valence-corrected chi connectivity index (χ1v) is 6.52. The van der Waals surface area contributed by atoms with Crippen molar-refractivity contribution in [1.29, 1.82) is 0 Å². The normalized spacial score (nSPS) is 14.3. The zero-order valence-corrected chi connectivity index (χ0v) is 10.4. The van der Waals surface area contributed by atoms with E-state index < -0.39 is 0 Å². The van der Waals surface area contributed by atoms with Gasteiger partial charge in [0.15, 0.2) is 4.47 Å². The number of carbonyl (C=O) groups is 1. The summed E-state index contributed by atoms with van der Waals surface area (Å²) in [5.74, 6) is 0.0851.